The predicted molar refractivity (Wildman–Crippen MR) is 67.6 cm³/mol. The minimum absolute atomic E-state index is 0.0293. The molecule has 0 heterocycles. The van der Waals surface area contributed by atoms with Crippen LogP contribution in [0.2, 0.25) is 0 Å². The summed E-state index contributed by atoms with van der Waals surface area (Å²) in [6.07, 6.45) is 0. The number of aliphatic hydroxyl groups excluding tert-OH is 2. The van der Waals surface area contributed by atoms with Gasteiger partial charge in [-0.05, 0) is 51.4 Å². The Hall–Kier alpha value is -2.46. The van der Waals surface area contributed by atoms with Crippen LogP contribution in [0.15, 0.2) is 22.7 Å². The molecule has 0 aliphatic heterocycles. The zero-order chi connectivity index (χ0) is 14.3. The van der Waals surface area contributed by atoms with Gasteiger partial charge < -0.3 is 10.2 Å². The van der Waals surface area contributed by atoms with E-state index >= 15 is 0 Å². The number of carbonyl (C=O) groups is 2. The maximum absolute atomic E-state index is 11.1. The number of hydrogen-bond donors (Lipinski definition) is 2. The lowest BCUT2D eigenvalue weighted by atomic mass is 10.1. The Morgan fingerprint density at radius 3 is 1.17 bits per heavy atom. The SMILES string of the molecule is CC(=O)/C(C#CC#C/C(C(C)=O)=C(/C)O)=C(\C)O. The van der Waals surface area contributed by atoms with Gasteiger partial charge in [0.15, 0.2) is 11.6 Å². The van der Waals surface area contributed by atoms with Gasteiger partial charge in [-0.25, -0.2) is 0 Å². The second-order valence-corrected chi connectivity index (χ2v) is 3.53. The quantitative estimate of drug-likeness (QED) is 0.443. The summed E-state index contributed by atoms with van der Waals surface area (Å²) in [6, 6.07) is 0. The third-order valence-corrected chi connectivity index (χ3v) is 1.87. The van der Waals surface area contributed by atoms with Gasteiger partial charge in [-0.15, -0.1) is 0 Å². The van der Waals surface area contributed by atoms with Gasteiger partial charge in [0.05, 0.1) is 0 Å². The fraction of sp³-hybridized carbons (Fsp3) is 0.286. The molecule has 0 aliphatic carbocycles. The number of aliphatic hydroxyl groups is 2. The number of ketones is 2. The van der Waals surface area contributed by atoms with Crippen molar-refractivity contribution in [3.8, 4) is 23.7 Å². The second-order valence-electron chi connectivity index (χ2n) is 3.53. The topological polar surface area (TPSA) is 74.6 Å². The number of hydrogen-bond acceptors (Lipinski definition) is 4. The maximum Gasteiger partial charge on any atom is 0.171 e. The largest absolute Gasteiger partial charge is 0.511 e. The minimum atomic E-state index is -0.370. The van der Waals surface area contributed by atoms with Crippen LogP contribution < -0.4 is 0 Å². The molecule has 0 aromatic carbocycles. The Morgan fingerprint density at radius 1 is 0.722 bits per heavy atom. The van der Waals surface area contributed by atoms with Crippen LogP contribution in [0.3, 0.4) is 0 Å². The number of Topliss-reactive ketones (excluding diaryl/α,β-unsaturated/α-hetero) is 2. The first-order valence-corrected chi connectivity index (χ1v) is 5.11. The Labute approximate surface area is 106 Å². The lowest BCUT2D eigenvalue weighted by Crippen LogP contribution is -1.97. The van der Waals surface area contributed by atoms with E-state index in [1.807, 2.05) is 0 Å². The lowest BCUT2D eigenvalue weighted by molar-refractivity contribution is -0.114. The summed E-state index contributed by atoms with van der Waals surface area (Å²) in [6.45, 7) is 5.24. The van der Waals surface area contributed by atoms with Crippen LogP contribution in [0.1, 0.15) is 27.7 Å². The van der Waals surface area contributed by atoms with Crippen molar-refractivity contribution < 1.29 is 19.8 Å². The molecule has 0 saturated carbocycles. The summed E-state index contributed by atoms with van der Waals surface area (Å²) in [5.41, 5.74) is -0.0586. The summed E-state index contributed by atoms with van der Waals surface area (Å²) >= 11 is 0. The fourth-order valence-electron chi connectivity index (χ4n) is 1.05. The maximum atomic E-state index is 11.1. The van der Waals surface area contributed by atoms with Crippen LogP contribution in [0, 0.1) is 23.7 Å². The van der Waals surface area contributed by atoms with Gasteiger partial charge in [0, 0.05) is 0 Å². The van der Waals surface area contributed by atoms with Crippen LogP contribution in [-0.4, -0.2) is 21.8 Å². The first kappa shape index (κ1) is 15.5. The van der Waals surface area contributed by atoms with E-state index in [1.165, 1.54) is 27.7 Å². The molecule has 0 rings (SSSR count). The first-order valence-electron chi connectivity index (χ1n) is 5.11. The van der Waals surface area contributed by atoms with Gasteiger partial charge in [-0.2, -0.15) is 0 Å². The number of rotatable bonds is 2. The summed E-state index contributed by atoms with van der Waals surface area (Å²) in [5, 5.41) is 18.3. The van der Waals surface area contributed by atoms with E-state index in [0.717, 1.165) is 0 Å². The molecular formula is C14H14O4. The average molecular weight is 246 g/mol. The Bertz CT molecular complexity index is 494. The van der Waals surface area contributed by atoms with Gasteiger partial charge in [-0.1, -0.05) is 0 Å². The molecule has 4 heteroatoms. The Morgan fingerprint density at radius 2 is 1.00 bits per heavy atom. The van der Waals surface area contributed by atoms with Crippen molar-refractivity contribution in [3.63, 3.8) is 0 Å². The van der Waals surface area contributed by atoms with Crippen LogP contribution >= 0.6 is 0 Å². The summed E-state index contributed by atoms with van der Waals surface area (Å²) in [5.74, 6) is 8.36. The van der Waals surface area contributed by atoms with Crippen molar-refractivity contribution in [3.05, 3.63) is 22.7 Å². The van der Waals surface area contributed by atoms with E-state index in [2.05, 4.69) is 23.7 Å². The zero-order valence-electron chi connectivity index (χ0n) is 10.7. The predicted octanol–water partition coefficient (Wildman–Crippen LogP) is 1.84. The van der Waals surface area contributed by atoms with E-state index in [4.69, 9.17) is 0 Å². The van der Waals surface area contributed by atoms with Gasteiger partial charge in [-0.3, -0.25) is 9.59 Å². The van der Waals surface area contributed by atoms with Gasteiger partial charge >= 0.3 is 0 Å². The van der Waals surface area contributed by atoms with E-state index < -0.39 is 0 Å². The highest BCUT2D eigenvalue weighted by molar-refractivity contribution is 5.99. The average Bonchev–Trinajstić information content (AvgIpc) is 2.20. The molecule has 0 amide bonds. The molecule has 0 radical (unpaired) electrons. The third kappa shape index (κ3) is 5.05. The molecule has 0 fully saturated rings. The summed E-state index contributed by atoms with van der Waals surface area (Å²) in [4.78, 5) is 22.1. The number of allylic oxidation sites excluding steroid dienone is 4. The molecule has 0 aliphatic rings. The van der Waals surface area contributed by atoms with E-state index in [9.17, 15) is 19.8 Å². The third-order valence-electron chi connectivity index (χ3n) is 1.87. The van der Waals surface area contributed by atoms with E-state index in [-0.39, 0.29) is 34.2 Å². The normalized spacial score (nSPS) is 12.0. The van der Waals surface area contributed by atoms with Crippen LogP contribution in [0.25, 0.3) is 0 Å². The Kier molecular flexibility index (Phi) is 6.03. The molecule has 0 spiro atoms. The molecule has 0 saturated heterocycles. The zero-order valence-corrected chi connectivity index (χ0v) is 10.7. The Balaban J connectivity index is 5.25. The highest BCUT2D eigenvalue weighted by Crippen LogP contribution is 2.01. The molecule has 94 valence electrons. The monoisotopic (exact) mass is 246 g/mol. The summed E-state index contributed by atoms with van der Waals surface area (Å²) < 4.78 is 0. The highest BCUT2D eigenvalue weighted by Gasteiger charge is 2.04. The number of carbonyl (C=O) groups excluding carboxylic acids is 2. The van der Waals surface area contributed by atoms with Crippen LogP contribution in [0.5, 0.6) is 0 Å². The molecule has 0 aromatic heterocycles. The standard InChI is InChI=1S/C14H14O4/c1-9(15)13(10(2)16)7-5-6-8-14(11(3)17)12(4)18/h15,17H,1-4H3/b13-9+,14-11+. The summed E-state index contributed by atoms with van der Waals surface area (Å²) in [7, 11) is 0. The molecule has 2 N–H and O–H groups in total. The van der Waals surface area contributed by atoms with Gasteiger partial charge in [0.2, 0.25) is 0 Å². The molecule has 0 atom stereocenters. The van der Waals surface area contributed by atoms with Crippen LogP contribution in [0.4, 0.5) is 0 Å². The molecular weight excluding hydrogens is 232 g/mol. The second kappa shape index (κ2) is 6.98. The van der Waals surface area contributed by atoms with Crippen molar-refractivity contribution in [1.29, 1.82) is 0 Å². The van der Waals surface area contributed by atoms with E-state index in [0.29, 0.717) is 0 Å². The smallest absolute Gasteiger partial charge is 0.171 e. The first-order chi connectivity index (χ1) is 8.27. The highest BCUT2D eigenvalue weighted by atomic mass is 16.3. The molecule has 18 heavy (non-hydrogen) atoms. The molecule has 0 aromatic rings. The van der Waals surface area contributed by atoms with Gasteiger partial charge in [0.25, 0.3) is 0 Å². The minimum Gasteiger partial charge on any atom is -0.511 e. The fourth-order valence-corrected chi connectivity index (χ4v) is 1.05. The van der Waals surface area contributed by atoms with Crippen molar-refractivity contribution in [1.82, 2.24) is 0 Å². The molecule has 0 bridgehead atoms. The van der Waals surface area contributed by atoms with Crippen molar-refractivity contribution in [2.75, 3.05) is 0 Å². The van der Waals surface area contributed by atoms with Crippen molar-refractivity contribution >= 4 is 11.6 Å². The molecule has 4 nitrogen and oxygen atoms in total. The van der Waals surface area contributed by atoms with Gasteiger partial charge in [0.1, 0.15) is 22.7 Å². The van der Waals surface area contributed by atoms with Crippen molar-refractivity contribution in [2.24, 2.45) is 0 Å². The molecule has 0 unspecified atom stereocenters. The van der Waals surface area contributed by atoms with Crippen molar-refractivity contribution in [2.45, 2.75) is 27.7 Å². The van der Waals surface area contributed by atoms with Crippen LogP contribution in [-0.2, 0) is 9.59 Å². The van der Waals surface area contributed by atoms with E-state index in [1.54, 1.807) is 0 Å². The lowest BCUT2D eigenvalue weighted by Gasteiger charge is -1.93.